The molecule has 20 heavy (non-hydrogen) atoms. The number of nitrogens with two attached hydrogens (primary N) is 1. The van der Waals surface area contributed by atoms with Gasteiger partial charge in [-0.2, -0.15) is 0 Å². The normalized spacial score (nSPS) is 10.2. The Morgan fingerprint density at radius 1 is 0.900 bits per heavy atom. The average Bonchev–Trinajstić information content (AvgIpc) is 2.29. The van der Waals surface area contributed by atoms with Crippen molar-refractivity contribution in [3.05, 3.63) is 58.2 Å². The van der Waals surface area contributed by atoms with Gasteiger partial charge in [0.1, 0.15) is 21.1 Å². The topological polar surface area (TPSA) is 199 Å². The summed E-state index contributed by atoms with van der Waals surface area (Å²) in [5.74, 6) is 0. The number of nitrogen functional groups attached to an aromatic ring is 1. The number of hydrogen-bond donors (Lipinski definition) is 1. The molecule has 0 spiro atoms. The first kappa shape index (κ1) is 14.7. The molecule has 0 aromatic heterocycles. The third kappa shape index (κ3) is 2.55. The maximum Gasteiger partial charge on any atom is 0.479 e. The van der Waals surface area contributed by atoms with Gasteiger partial charge in [-0.1, -0.05) is 0 Å². The summed E-state index contributed by atoms with van der Waals surface area (Å²) in [6.07, 6.45) is -2.63. The Morgan fingerprint density at radius 3 is 1.75 bits per heavy atom. The Morgan fingerprint density at radius 2 is 1.40 bits per heavy atom. The predicted octanol–water partition coefficient (Wildman–Crippen LogP) is 0.637. The maximum absolute atomic E-state index is 10.7. The molecule has 0 unspecified atom stereocenters. The Labute approximate surface area is 108 Å². The van der Waals surface area contributed by atoms with Crippen molar-refractivity contribution >= 4 is 17.1 Å². The minimum absolute atomic E-state index is 0.468. The molecule has 1 aromatic carbocycles. The van der Waals surface area contributed by atoms with Gasteiger partial charge in [0.15, 0.2) is 0 Å². The summed E-state index contributed by atoms with van der Waals surface area (Å²) in [7, 11) is 0. The van der Waals surface area contributed by atoms with Crippen LogP contribution >= 0.6 is 0 Å². The molecule has 0 radical (unpaired) electrons. The molecule has 0 amide bonds. The molecule has 2 N–H and O–H groups in total. The molecular weight excluding hydrogens is 282 g/mol. The quantitative estimate of drug-likeness (QED) is 0.349. The van der Waals surface area contributed by atoms with Crippen LogP contribution in [0.15, 0.2) is 12.1 Å². The minimum atomic E-state index is -2.63. The smallest absolute Gasteiger partial charge is 0.392 e. The van der Waals surface area contributed by atoms with E-state index < -0.39 is 48.5 Å². The van der Waals surface area contributed by atoms with Crippen molar-refractivity contribution in [2.24, 2.45) is 0 Å². The Bertz CT molecular complexity index is 614. The molecule has 1 rings (SSSR count). The highest BCUT2D eigenvalue weighted by atomic mass is 16.7. The van der Waals surface area contributed by atoms with E-state index in [2.05, 4.69) is 0 Å². The van der Waals surface area contributed by atoms with Crippen molar-refractivity contribution in [2.75, 3.05) is 5.73 Å². The molecular formula is C7H5N5O8. The highest BCUT2D eigenvalue weighted by Gasteiger charge is 2.41. The molecule has 0 aliphatic heterocycles. The minimum Gasteiger partial charge on any atom is -0.392 e. The Balaban J connectivity index is 3.67. The first-order chi connectivity index (χ1) is 9.16. The SMILES string of the molecule is Nc1c(C([N+](=O)[O-])[N+](=O)[O-])cc([N+](=O)[O-])cc1[N+](=O)[O-]. The number of hydrogen-bond acceptors (Lipinski definition) is 9. The molecule has 0 aliphatic rings. The van der Waals surface area contributed by atoms with Crippen LogP contribution in [-0.2, 0) is 0 Å². The summed E-state index contributed by atoms with van der Waals surface area (Å²) in [6, 6.07) is 0.939. The van der Waals surface area contributed by atoms with Gasteiger partial charge in [-0.05, 0) is 0 Å². The van der Waals surface area contributed by atoms with Crippen molar-refractivity contribution in [3.8, 4) is 0 Å². The lowest BCUT2D eigenvalue weighted by molar-refractivity contribution is -0.752. The van der Waals surface area contributed by atoms with Crippen LogP contribution in [0.25, 0.3) is 0 Å². The number of rotatable bonds is 5. The van der Waals surface area contributed by atoms with Crippen molar-refractivity contribution in [2.45, 2.75) is 6.17 Å². The van der Waals surface area contributed by atoms with Gasteiger partial charge in [-0.25, -0.2) is 0 Å². The molecule has 0 saturated heterocycles. The number of nitro benzene ring substituents is 2. The number of non-ortho nitro benzene ring substituents is 1. The second-order valence-electron chi connectivity index (χ2n) is 3.43. The molecule has 0 aliphatic carbocycles. The van der Waals surface area contributed by atoms with Gasteiger partial charge in [0, 0.05) is 6.07 Å². The van der Waals surface area contributed by atoms with Crippen molar-refractivity contribution in [3.63, 3.8) is 0 Å². The first-order valence-corrected chi connectivity index (χ1v) is 4.66. The number of anilines is 1. The van der Waals surface area contributed by atoms with E-state index in [4.69, 9.17) is 5.73 Å². The zero-order chi connectivity index (χ0) is 15.6. The predicted molar refractivity (Wildman–Crippen MR) is 60.9 cm³/mol. The molecule has 13 heteroatoms. The van der Waals surface area contributed by atoms with Crippen LogP contribution in [0.5, 0.6) is 0 Å². The summed E-state index contributed by atoms with van der Waals surface area (Å²) in [5.41, 5.74) is 1.56. The van der Waals surface area contributed by atoms with Gasteiger partial charge in [0.25, 0.3) is 11.4 Å². The van der Waals surface area contributed by atoms with E-state index in [1.807, 2.05) is 0 Å². The summed E-state index contributed by atoms with van der Waals surface area (Å²) in [6.45, 7) is 0. The van der Waals surface area contributed by atoms with E-state index >= 15 is 0 Å². The fraction of sp³-hybridized carbons (Fsp3) is 0.143. The highest BCUT2D eigenvalue weighted by Crippen LogP contribution is 2.35. The largest absolute Gasteiger partial charge is 0.479 e. The van der Waals surface area contributed by atoms with Crippen LogP contribution in [0, 0.1) is 40.5 Å². The molecule has 1 aromatic rings. The average molecular weight is 287 g/mol. The lowest BCUT2D eigenvalue weighted by atomic mass is 10.1. The van der Waals surface area contributed by atoms with Crippen molar-refractivity contribution in [1.82, 2.24) is 0 Å². The molecule has 0 atom stereocenters. The van der Waals surface area contributed by atoms with E-state index in [1.54, 1.807) is 0 Å². The zero-order valence-electron chi connectivity index (χ0n) is 9.36. The molecule has 13 nitrogen and oxygen atoms in total. The second kappa shape index (κ2) is 5.09. The lowest BCUT2D eigenvalue weighted by Gasteiger charge is -2.06. The fourth-order valence-electron chi connectivity index (χ4n) is 1.42. The third-order valence-corrected chi connectivity index (χ3v) is 2.26. The first-order valence-electron chi connectivity index (χ1n) is 4.66. The highest BCUT2D eigenvalue weighted by molar-refractivity contribution is 5.67. The van der Waals surface area contributed by atoms with Crippen molar-refractivity contribution in [1.29, 1.82) is 0 Å². The number of nitrogens with zero attached hydrogens (tertiary/aromatic N) is 4. The van der Waals surface area contributed by atoms with Gasteiger partial charge < -0.3 is 5.73 Å². The van der Waals surface area contributed by atoms with Crippen LogP contribution in [0.1, 0.15) is 11.7 Å². The number of nitro groups is 4. The molecule has 0 saturated carbocycles. The van der Waals surface area contributed by atoms with E-state index in [9.17, 15) is 40.5 Å². The van der Waals surface area contributed by atoms with Gasteiger partial charge in [0.2, 0.25) is 0 Å². The third-order valence-electron chi connectivity index (χ3n) is 2.26. The standard InChI is InChI=1S/C7H5N5O8/c8-6-4(7(11(17)18)12(19)20)1-3(9(13)14)2-5(6)10(15)16/h1-2,7H,8H2. The van der Waals surface area contributed by atoms with Gasteiger partial charge >= 0.3 is 6.17 Å². The second-order valence-corrected chi connectivity index (χ2v) is 3.43. The van der Waals surface area contributed by atoms with Gasteiger partial charge in [-0.3, -0.25) is 40.5 Å². The summed E-state index contributed by atoms with van der Waals surface area (Å²) < 4.78 is 0. The van der Waals surface area contributed by atoms with E-state index in [0.717, 1.165) is 0 Å². The summed E-state index contributed by atoms with van der Waals surface area (Å²) in [5, 5.41) is 42.5. The molecule has 0 fully saturated rings. The molecule has 106 valence electrons. The maximum atomic E-state index is 10.7. The zero-order valence-corrected chi connectivity index (χ0v) is 9.36. The van der Waals surface area contributed by atoms with Crippen molar-refractivity contribution < 1.29 is 19.7 Å². The molecule has 0 heterocycles. The van der Waals surface area contributed by atoms with Crippen LogP contribution in [0.2, 0.25) is 0 Å². The van der Waals surface area contributed by atoms with E-state index in [-0.39, 0.29) is 0 Å². The molecule has 0 bridgehead atoms. The van der Waals surface area contributed by atoms with Gasteiger partial charge in [-0.15, -0.1) is 0 Å². The monoisotopic (exact) mass is 287 g/mol. The van der Waals surface area contributed by atoms with Crippen LogP contribution in [-0.4, -0.2) is 19.7 Å². The number of benzene rings is 1. The van der Waals surface area contributed by atoms with E-state index in [1.165, 1.54) is 0 Å². The fourth-order valence-corrected chi connectivity index (χ4v) is 1.42. The Kier molecular flexibility index (Phi) is 3.73. The van der Waals surface area contributed by atoms with Crippen LogP contribution in [0.4, 0.5) is 17.1 Å². The van der Waals surface area contributed by atoms with E-state index in [0.29, 0.717) is 12.1 Å². The summed E-state index contributed by atoms with van der Waals surface area (Å²) in [4.78, 5) is 37.6. The van der Waals surface area contributed by atoms with Crippen LogP contribution < -0.4 is 5.73 Å². The lowest BCUT2D eigenvalue weighted by Crippen LogP contribution is -2.21. The van der Waals surface area contributed by atoms with Gasteiger partial charge in [0.05, 0.1) is 15.9 Å². The Hall–Kier alpha value is -3.38. The van der Waals surface area contributed by atoms with Crippen LogP contribution in [0.3, 0.4) is 0 Å². The summed E-state index contributed by atoms with van der Waals surface area (Å²) >= 11 is 0.